The zero-order valence-corrected chi connectivity index (χ0v) is 27.4. The molecule has 0 amide bonds. The summed E-state index contributed by atoms with van der Waals surface area (Å²) in [6, 6.07) is 16.0. The van der Waals surface area contributed by atoms with Crippen LogP contribution >= 0.6 is 0 Å². The van der Waals surface area contributed by atoms with E-state index in [0.717, 1.165) is 33.9 Å². The monoisotopic (exact) mass is 626 g/mol. The maximum Gasteiger partial charge on any atom is 1.00 e. The number of allylic oxidation sites excluding steroid dienone is 4. The Kier molecular flexibility index (Phi) is 13.0. The third kappa shape index (κ3) is 8.22. The molecular weight excluding hydrogens is 583 g/mol. The second-order valence-corrected chi connectivity index (χ2v) is 14.2. The van der Waals surface area contributed by atoms with Gasteiger partial charge in [0.2, 0.25) is 5.69 Å². The minimum atomic E-state index is -4.31. The molecule has 8 nitrogen and oxygen atoms in total. The van der Waals surface area contributed by atoms with Gasteiger partial charge in [-0.25, -0.2) is 16.8 Å². The van der Waals surface area contributed by atoms with Crippen molar-refractivity contribution < 1.29 is 60.1 Å². The molecule has 0 saturated carbocycles. The van der Waals surface area contributed by atoms with Crippen LogP contribution in [0.2, 0.25) is 0 Å². The quantitative estimate of drug-likeness (QED) is 0.226. The fraction of sp³-hybridized carbons (Fsp3) is 0.452. The maximum absolute atomic E-state index is 11.2. The predicted octanol–water partition coefficient (Wildman–Crippen LogP) is 2.45. The Balaban J connectivity index is 0.00000294. The first kappa shape index (κ1) is 38.2. The summed E-state index contributed by atoms with van der Waals surface area (Å²) in [7, 11) is -8.61. The molecule has 0 spiro atoms. The van der Waals surface area contributed by atoms with Gasteiger partial charge < -0.3 is 14.0 Å². The minimum Gasteiger partial charge on any atom is -0.748 e. The van der Waals surface area contributed by atoms with Crippen LogP contribution in [0.1, 0.15) is 66.5 Å². The van der Waals surface area contributed by atoms with Gasteiger partial charge in [0.05, 0.1) is 25.7 Å². The van der Waals surface area contributed by atoms with Crippen molar-refractivity contribution >= 4 is 37.3 Å². The molecule has 2 heterocycles. The van der Waals surface area contributed by atoms with Crippen molar-refractivity contribution in [2.24, 2.45) is 0 Å². The number of rotatable bonds is 10. The number of hydrogen-bond donors (Lipinski definition) is 0. The molecule has 2 aromatic rings. The number of benzene rings is 2. The summed E-state index contributed by atoms with van der Waals surface area (Å²) in [4.78, 5) is 2.08. The van der Waals surface area contributed by atoms with Crippen LogP contribution in [-0.2, 0) is 31.1 Å². The fourth-order valence-corrected chi connectivity index (χ4v) is 6.76. The molecule has 0 atom stereocenters. The van der Waals surface area contributed by atoms with E-state index in [1.807, 2.05) is 54.6 Å². The summed E-state index contributed by atoms with van der Waals surface area (Å²) < 4.78 is 69.5. The molecule has 0 radical (unpaired) electrons. The van der Waals surface area contributed by atoms with Crippen LogP contribution in [0, 0.1) is 0 Å². The van der Waals surface area contributed by atoms with Crippen LogP contribution in [0.4, 0.5) is 11.4 Å². The van der Waals surface area contributed by atoms with Crippen molar-refractivity contribution in [1.82, 2.24) is 0 Å². The molecule has 2 aromatic carbocycles. The van der Waals surface area contributed by atoms with Crippen LogP contribution < -0.4 is 34.5 Å². The Hall–Kier alpha value is -1.79. The largest absolute Gasteiger partial charge is 1.00 e. The van der Waals surface area contributed by atoms with Crippen molar-refractivity contribution in [3.63, 3.8) is 0 Å². The Morgan fingerprint density at radius 2 is 1.36 bits per heavy atom. The van der Waals surface area contributed by atoms with Gasteiger partial charge in [0.15, 0.2) is 5.71 Å². The van der Waals surface area contributed by atoms with Gasteiger partial charge in [-0.15, -0.1) is 0 Å². The van der Waals surface area contributed by atoms with Crippen molar-refractivity contribution in [2.45, 2.75) is 66.2 Å². The number of fused-ring (bicyclic) bond motifs is 2. The topological polar surface area (TPSA) is 121 Å². The molecule has 0 saturated heterocycles. The van der Waals surface area contributed by atoms with Crippen molar-refractivity contribution in [1.29, 1.82) is 0 Å². The Morgan fingerprint density at radius 3 is 1.98 bits per heavy atom. The summed E-state index contributed by atoms with van der Waals surface area (Å²) in [5, 5.41) is 0. The second kappa shape index (κ2) is 14.3. The Labute approximate surface area is 275 Å². The molecule has 4 rings (SSSR count). The third-order valence-corrected chi connectivity index (χ3v) is 9.24. The second-order valence-electron chi connectivity index (χ2n) is 11.1. The Bertz CT molecular complexity index is 1580. The van der Waals surface area contributed by atoms with Crippen molar-refractivity contribution in [2.75, 3.05) is 29.5 Å². The molecule has 2 aliphatic rings. The minimum absolute atomic E-state index is 0. The van der Waals surface area contributed by atoms with E-state index in [-0.39, 0.29) is 68.1 Å². The number of anilines is 1. The van der Waals surface area contributed by atoms with Gasteiger partial charge in [0, 0.05) is 59.0 Å². The van der Waals surface area contributed by atoms with Gasteiger partial charge in [0.1, 0.15) is 6.54 Å². The molecule has 0 aliphatic carbocycles. The molecule has 226 valence electrons. The number of hydrogen-bond acceptors (Lipinski definition) is 7. The van der Waals surface area contributed by atoms with Gasteiger partial charge in [0.25, 0.3) is 0 Å². The molecule has 0 bridgehead atoms. The first-order valence-corrected chi connectivity index (χ1v) is 16.2. The zero-order valence-electron chi connectivity index (χ0n) is 23.8. The number of para-hydroxylation sites is 2. The third-order valence-electron chi connectivity index (χ3n) is 7.66. The smallest absolute Gasteiger partial charge is 0.748 e. The van der Waals surface area contributed by atoms with E-state index in [1.54, 1.807) is 0 Å². The van der Waals surface area contributed by atoms with E-state index in [4.69, 9.17) is 0 Å². The fourth-order valence-electron chi connectivity index (χ4n) is 5.79. The van der Waals surface area contributed by atoms with Crippen LogP contribution in [0.25, 0.3) is 0 Å². The predicted molar refractivity (Wildman–Crippen MR) is 165 cm³/mol. The van der Waals surface area contributed by atoms with E-state index in [1.165, 1.54) is 0 Å². The van der Waals surface area contributed by atoms with E-state index < -0.39 is 31.7 Å². The van der Waals surface area contributed by atoms with Crippen LogP contribution in [0.3, 0.4) is 0 Å². The van der Waals surface area contributed by atoms with Gasteiger partial charge >= 0.3 is 29.6 Å². The molecule has 0 fully saturated rings. The molecule has 0 N–H and O–H groups in total. The van der Waals surface area contributed by atoms with Crippen LogP contribution in [-0.4, -0.2) is 60.8 Å². The van der Waals surface area contributed by atoms with E-state index in [9.17, 15) is 25.9 Å². The maximum atomic E-state index is 11.2. The van der Waals surface area contributed by atoms with E-state index in [0.29, 0.717) is 13.1 Å². The zero-order chi connectivity index (χ0) is 28.6. The summed E-state index contributed by atoms with van der Waals surface area (Å²) in [6.07, 6.45) is 6.46. The molecule has 0 unspecified atom stereocenters. The summed E-state index contributed by atoms with van der Waals surface area (Å²) >= 11 is 0. The van der Waals surface area contributed by atoms with Crippen LogP contribution in [0.15, 0.2) is 72.5 Å². The van der Waals surface area contributed by atoms with Gasteiger partial charge in [-0.1, -0.05) is 71.2 Å². The molecule has 0 aromatic heterocycles. The summed E-state index contributed by atoms with van der Waals surface area (Å²) in [5.74, 6) is -0.846. The normalized spacial score (nSPS) is 17.9. The van der Waals surface area contributed by atoms with Crippen molar-refractivity contribution in [3.05, 3.63) is 83.6 Å². The summed E-state index contributed by atoms with van der Waals surface area (Å²) in [6.45, 7) is 9.26. The van der Waals surface area contributed by atoms with Gasteiger partial charge in [-0.2, -0.15) is 4.58 Å². The molecule has 11 heteroatoms. The molecule has 2 aliphatic heterocycles. The van der Waals surface area contributed by atoms with Gasteiger partial charge in [-0.05, 0) is 38.0 Å². The van der Waals surface area contributed by atoms with E-state index >= 15 is 0 Å². The summed E-state index contributed by atoms with van der Waals surface area (Å²) in [5.41, 5.74) is 5.51. The average molecular weight is 627 g/mol. The van der Waals surface area contributed by atoms with Gasteiger partial charge in [-0.3, -0.25) is 0 Å². The molecular formula is C31H43N2NaO6S2. The standard InChI is InChI=1S/C29H36N2O6S2.2CH4.Na/c1-28(2)22-12-5-7-14-24(22)30(18-10-20-38(32,33)34)26(28)16-9-17-27-29(3,4)23-13-6-8-15-25(23)31(27)19-11-21-39(35,36)37;;;/h5-9,12-17H,10-11,18-21H2,1-4H3,(H-,32,33,34,35,36,37);2*1H4;/q;;;+1/p-1. The Morgan fingerprint density at radius 1 is 0.810 bits per heavy atom. The SMILES string of the molecule is C.C.CC1(C)C(=CC=CC2=[N+](CCCS(=O)(=O)[O-])c3ccccc3C2(C)C)N(CCCS(=O)(=O)[O-])c2ccccc21.[Na+]. The van der Waals surface area contributed by atoms with E-state index in [2.05, 4.69) is 49.3 Å². The number of nitrogens with zero attached hydrogens (tertiary/aromatic N) is 2. The first-order valence-electron chi connectivity index (χ1n) is 13.0. The molecule has 42 heavy (non-hydrogen) atoms. The van der Waals surface area contributed by atoms with Crippen LogP contribution in [0.5, 0.6) is 0 Å². The average Bonchev–Trinajstić information content (AvgIpc) is 3.18. The van der Waals surface area contributed by atoms with Crippen molar-refractivity contribution in [3.8, 4) is 0 Å². The first-order chi connectivity index (χ1) is 18.1.